The highest BCUT2D eigenvalue weighted by Crippen LogP contribution is 2.22. The Morgan fingerprint density at radius 1 is 1.53 bits per heavy atom. The van der Waals surface area contributed by atoms with Crippen LogP contribution in [0.2, 0.25) is 5.02 Å². The molecule has 0 saturated heterocycles. The van der Waals surface area contributed by atoms with E-state index < -0.39 is 0 Å². The van der Waals surface area contributed by atoms with Gasteiger partial charge in [-0.05, 0) is 30.5 Å². The van der Waals surface area contributed by atoms with Crippen LogP contribution in [-0.4, -0.2) is 15.4 Å². The molecule has 0 aliphatic carbocycles. The lowest BCUT2D eigenvalue weighted by Gasteiger charge is -2.14. The fourth-order valence-electron chi connectivity index (χ4n) is 1.67. The van der Waals surface area contributed by atoms with E-state index in [1.165, 1.54) is 0 Å². The predicted molar refractivity (Wildman–Crippen MR) is 66.3 cm³/mol. The summed E-state index contributed by atoms with van der Waals surface area (Å²) >= 11 is 6.18. The van der Waals surface area contributed by atoms with Crippen LogP contribution in [0, 0.1) is 6.92 Å². The van der Waals surface area contributed by atoms with Crippen LogP contribution in [0.4, 0.5) is 0 Å². The molecule has 1 atom stereocenters. The van der Waals surface area contributed by atoms with Crippen LogP contribution in [0.5, 0.6) is 0 Å². The first-order valence-electron chi connectivity index (χ1n) is 5.27. The zero-order valence-corrected chi connectivity index (χ0v) is 10.2. The molecule has 6 heteroatoms. The van der Waals surface area contributed by atoms with Gasteiger partial charge in [0, 0.05) is 5.02 Å². The number of hydrogen-bond acceptors (Lipinski definition) is 4. The standard InChI is InChI=1S/C11H14ClN5/c1-7-2-3-8(9(12)4-7)5-10(15-13)11-6-14-17-16-11/h2-4,6,10,15H,5,13H2,1H3,(H,14,16,17). The molecule has 2 aromatic rings. The SMILES string of the molecule is Cc1ccc(CC(NN)c2cn[nH]n2)c(Cl)c1. The van der Waals surface area contributed by atoms with Gasteiger partial charge in [-0.25, -0.2) is 0 Å². The molecule has 5 nitrogen and oxygen atoms in total. The summed E-state index contributed by atoms with van der Waals surface area (Å²) < 4.78 is 0. The fraction of sp³-hybridized carbons (Fsp3) is 0.273. The highest BCUT2D eigenvalue weighted by atomic mass is 35.5. The number of nitrogens with two attached hydrogens (primary N) is 1. The van der Waals surface area contributed by atoms with E-state index in [2.05, 4.69) is 20.8 Å². The summed E-state index contributed by atoms with van der Waals surface area (Å²) in [6.45, 7) is 2.01. The summed E-state index contributed by atoms with van der Waals surface area (Å²) in [5.74, 6) is 5.52. The third kappa shape index (κ3) is 2.82. The van der Waals surface area contributed by atoms with Gasteiger partial charge in [-0.1, -0.05) is 23.7 Å². The Balaban J connectivity index is 2.19. The van der Waals surface area contributed by atoms with Crippen LogP contribution >= 0.6 is 11.6 Å². The molecule has 0 fully saturated rings. The minimum atomic E-state index is -0.103. The topological polar surface area (TPSA) is 79.6 Å². The Hall–Kier alpha value is -1.43. The molecule has 0 saturated carbocycles. The Kier molecular flexibility index (Phi) is 3.73. The number of aromatic nitrogens is 3. The number of aryl methyl sites for hydroxylation is 1. The third-order valence-corrected chi connectivity index (χ3v) is 2.98. The fourth-order valence-corrected chi connectivity index (χ4v) is 1.98. The molecule has 0 radical (unpaired) electrons. The lowest BCUT2D eigenvalue weighted by Crippen LogP contribution is -2.30. The van der Waals surface area contributed by atoms with Crippen molar-refractivity contribution in [2.75, 3.05) is 0 Å². The van der Waals surface area contributed by atoms with Crippen molar-refractivity contribution in [1.29, 1.82) is 0 Å². The van der Waals surface area contributed by atoms with Crippen LogP contribution in [0.25, 0.3) is 0 Å². The molecule has 1 unspecified atom stereocenters. The van der Waals surface area contributed by atoms with Crippen LogP contribution < -0.4 is 11.3 Å². The van der Waals surface area contributed by atoms with Crippen LogP contribution in [0.3, 0.4) is 0 Å². The number of hydrazine groups is 1. The van der Waals surface area contributed by atoms with E-state index in [1.54, 1.807) is 6.20 Å². The second-order valence-electron chi connectivity index (χ2n) is 3.91. The summed E-state index contributed by atoms with van der Waals surface area (Å²) in [6, 6.07) is 5.86. The monoisotopic (exact) mass is 251 g/mol. The maximum absolute atomic E-state index is 6.18. The number of nitrogens with one attached hydrogen (secondary N) is 2. The normalized spacial score (nSPS) is 12.6. The number of benzene rings is 1. The number of H-pyrrole nitrogens is 1. The first kappa shape index (κ1) is 12.0. The molecule has 90 valence electrons. The third-order valence-electron chi connectivity index (χ3n) is 2.62. The highest BCUT2D eigenvalue weighted by molar-refractivity contribution is 6.31. The number of rotatable bonds is 4. The first-order chi connectivity index (χ1) is 8.20. The van der Waals surface area contributed by atoms with E-state index in [4.69, 9.17) is 17.4 Å². The Morgan fingerprint density at radius 3 is 2.94 bits per heavy atom. The van der Waals surface area contributed by atoms with Crippen LogP contribution in [-0.2, 0) is 6.42 Å². The van der Waals surface area contributed by atoms with Gasteiger partial charge in [-0.2, -0.15) is 15.4 Å². The zero-order valence-electron chi connectivity index (χ0n) is 9.44. The maximum Gasteiger partial charge on any atom is 0.101 e. The molecule has 1 aromatic carbocycles. The van der Waals surface area contributed by atoms with E-state index in [0.29, 0.717) is 6.42 Å². The van der Waals surface area contributed by atoms with E-state index >= 15 is 0 Å². The molecular formula is C11H14ClN5. The number of hydrogen-bond donors (Lipinski definition) is 3. The number of nitrogens with zero attached hydrogens (tertiary/aromatic N) is 2. The lowest BCUT2D eigenvalue weighted by molar-refractivity contribution is 0.537. The lowest BCUT2D eigenvalue weighted by atomic mass is 10.0. The zero-order chi connectivity index (χ0) is 12.3. The predicted octanol–water partition coefficient (Wildman–Crippen LogP) is 1.51. The largest absolute Gasteiger partial charge is 0.271 e. The summed E-state index contributed by atoms with van der Waals surface area (Å²) in [5.41, 5.74) is 5.65. The molecule has 17 heavy (non-hydrogen) atoms. The highest BCUT2D eigenvalue weighted by Gasteiger charge is 2.14. The van der Waals surface area contributed by atoms with Gasteiger partial charge >= 0.3 is 0 Å². The number of aromatic amines is 1. The van der Waals surface area contributed by atoms with Crippen molar-refractivity contribution >= 4 is 11.6 Å². The van der Waals surface area contributed by atoms with Crippen molar-refractivity contribution < 1.29 is 0 Å². The van der Waals surface area contributed by atoms with Gasteiger partial charge in [0.1, 0.15) is 5.69 Å². The molecule has 0 aliphatic rings. The Bertz CT molecular complexity index is 483. The van der Waals surface area contributed by atoms with Gasteiger partial charge in [0.05, 0.1) is 12.2 Å². The van der Waals surface area contributed by atoms with Gasteiger partial charge in [-0.15, -0.1) is 0 Å². The van der Waals surface area contributed by atoms with E-state index in [-0.39, 0.29) is 6.04 Å². The molecule has 0 bridgehead atoms. The molecule has 1 heterocycles. The van der Waals surface area contributed by atoms with Gasteiger partial charge in [0.25, 0.3) is 0 Å². The van der Waals surface area contributed by atoms with E-state index in [9.17, 15) is 0 Å². The van der Waals surface area contributed by atoms with Gasteiger partial charge in [0.15, 0.2) is 0 Å². The minimum absolute atomic E-state index is 0.103. The smallest absolute Gasteiger partial charge is 0.101 e. The molecule has 0 spiro atoms. The first-order valence-corrected chi connectivity index (χ1v) is 5.65. The maximum atomic E-state index is 6.18. The summed E-state index contributed by atoms with van der Waals surface area (Å²) in [5, 5.41) is 11.1. The van der Waals surface area contributed by atoms with E-state index in [0.717, 1.165) is 21.8 Å². The summed E-state index contributed by atoms with van der Waals surface area (Å²) in [4.78, 5) is 0. The molecule has 2 rings (SSSR count). The van der Waals surface area contributed by atoms with Crippen LogP contribution in [0.15, 0.2) is 24.4 Å². The van der Waals surface area contributed by atoms with Crippen LogP contribution in [0.1, 0.15) is 22.9 Å². The van der Waals surface area contributed by atoms with Gasteiger partial charge in [-0.3, -0.25) is 11.3 Å². The molecule has 0 aliphatic heterocycles. The average Bonchev–Trinajstić information content (AvgIpc) is 2.81. The van der Waals surface area contributed by atoms with Crippen molar-refractivity contribution in [3.63, 3.8) is 0 Å². The summed E-state index contributed by atoms with van der Waals surface area (Å²) in [6.07, 6.45) is 2.31. The van der Waals surface area contributed by atoms with E-state index in [1.807, 2.05) is 25.1 Å². The molecule has 1 aromatic heterocycles. The molecule has 0 amide bonds. The van der Waals surface area contributed by atoms with Crippen molar-refractivity contribution in [1.82, 2.24) is 20.8 Å². The average molecular weight is 252 g/mol. The molecular weight excluding hydrogens is 238 g/mol. The number of halogens is 1. The Labute approximate surface area is 104 Å². The van der Waals surface area contributed by atoms with Gasteiger partial charge in [0.2, 0.25) is 0 Å². The Morgan fingerprint density at radius 2 is 2.35 bits per heavy atom. The summed E-state index contributed by atoms with van der Waals surface area (Å²) in [7, 11) is 0. The molecule has 4 N–H and O–H groups in total. The second-order valence-corrected chi connectivity index (χ2v) is 4.32. The van der Waals surface area contributed by atoms with Crippen molar-refractivity contribution in [3.05, 3.63) is 46.2 Å². The van der Waals surface area contributed by atoms with Crippen molar-refractivity contribution in [3.8, 4) is 0 Å². The quantitative estimate of drug-likeness (QED) is 0.569. The van der Waals surface area contributed by atoms with Crippen molar-refractivity contribution in [2.24, 2.45) is 5.84 Å². The van der Waals surface area contributed by atoms with Gasteiger partial charge < -0.3 is 0 Å². The van der Waals surface area contributed by atoms with Crippen molar-refractivity contribution in [2.45, 2.75) is 19.4 Å². The minimum Gasteiger partial charge on any atom is -0.271 e. The second kappa shape index (κ2) is 5.27.